The smallest absolute Gasteiger partial charge is 0.335 e. The molecular formula is C17H10N2O5S2. The maximum Gasteiger partial charge on any atom is 0.335 e. The molecule has 26 heavy (non-hydrogen) atoms. The molecule has 0 saturated carbocycles. The fraction of sp³-hybridized carbons (Fsp3) is 0. The topological polar surface area (TPSA) is 101 Å². The number of nitrogens with zero attached hydrogens (tertiary/aromatic N) is 2. The summed E-state index contributed by atoms with van der Waals surface area (Å²) in [5.74, 6) is -1.42. The highest BCUT2D eigenvalue weighted by molar-refractivity contribution is 8.27. The van der Waals surface area contributed by atoms with Crippen molar-refractivity contribution in [1.29, 1.82) is 0 Å². The molecule has 1 amide bonds. The standard InChI is InChI=1S/C17H10N2O5S2/c20-15-14(9-10-2-1-3-11(8-10)16(21)22)26-17(25)18(15)12-4-6-13(7-5-12)19(23)24/h1-9H,(H,21,22). The summed E-state index contributed by atoms with van der Waals surface area (Å²) in [4.78, 5) is 35.6. The molecule has 7 nitrogen and oxygen atoms in total. The summed E-state index contributed by atoms with van der Waals surface area (Å²) in [5.41, 5.74) is 1.03. The third-order valence-electron chi connectivity index (χ3n) is 3.54. The van der Waals surface area contributed by atoms with Gasteiger partial charge in [0, 0.05) is 12.1 Å². The number of nitro benzene ring substituents is 1. The Bertz CT molecular complexity index is 969. The molecule has 1 aliphatic rings. The first-order valence-electron chi connectivity index (χ1n) is 7.22. The molecule has 0 aliphatic carbocycles. The third kappa shape index (κ3) is 3.48. The van der Waals surface area contributed by atoms with Gasteiger partial charge in [0.15, 0.2) is 4.32 Å². The largest absolute Gasteiger partial charge is 0.478 e. The molecule has 0 spiro atoms. The third-order valence-corrected chi connectivity index (χ3v) is 4.85. The van der Waals surface area contributed by atoms with E-state index in [1.54, 1.807) is 18.2 Å². The van der Waals surface area contributed by atoms with Gasteiger partial charge in [-0.25, -0.2) is 4.79 Å². The Morgan fingerprint density at radius 2 is 1.92 bits per heavy atom. The van der Waals surface area contributed by atoms with E-state index in [1.807, 2.05) is 0 Å². The van der Waals surface area contributed by atoms with Crippen LogP contribution in [0.2, 0.25) is 0 Å². The van der Waals surface area contributed by atoms with Gasteiger partial charge in [-0.1, -0.05) is 36.1 Å². The Balaban J connectivity index is 1.90. The van der Waals surface area contributed by atoms with Crippen LogP contribution in [0.1, 0.15) is 15.9 Å². The molecule has 1 fully saturated rings. The summed E-state index contributed by atoms with van der Waals surface area (Å²) < 4.78 is 0.296. The molecule has 130 valence electrons. The molecule has 1 saturated heterocycles. The van der Waals surface area contributed by atoms with Crippen LogP contribution in [0.3, 0.4) is 0 Å². The number of benzene rings is 2. The van der Waals surface area contributed by atoms with Crippen LogP contribution in [-0.4, -0.2) is 26.2 Å². The van der Waals surface area contributed by atoms with Crippen molar-refractivity contribution in [3.8, 4) is 0 Å². The number of aromatic carboxylic acids is 1. The molecule has 0 aromatic heterocycles. The van der Waals surface area contributed by atoms with Gasteiger partial charge in [-0.05, 0) is 35.9 Å². The van der Waals surface area contributed by atoms with Gasteiger partial charge in [-0.3, -0.25) is 19.8 Å². The number of hydrogen-bond acceptors (Lipinski definition) is 6. The highest BCUT2D eigenvalue weighted by Crippen LogP contribution is 2.36. The minimum atomic E-state index is -1.06. The molecular weight excluding hydrogens is 376 g/mol. The number of nitro groups is 1. The number of anilines is 1. The molecule has 2 aromatic carbocycles. The Morgan fingerprint density at radius 3 is 2.54 bits per heavy atom. The van der Waals surface area contributed by atoms with Gasteiger partial charge in [0.25, 0.3) is 11.6 Å². The predicted molar refractivity (Wildman–Crippen MR) is 102 cm³/mol. The molecule has 0 radical (unpaired) electrons. The molecule has 0 atom stereocenters. The fourth-order valence-corrected chi connectivity index (χ4v) is 3.63. The fourth-order valence-electron chi connectivity index (χ4n) is 2.33. The van der Waals surface area contributed by atoms with Gasteiger partial charge in [0.1, 0.15) is 0 Å². The zero-order valence-electron chi connectivity index (χ0n) is 13.0. The van der Waals surface area contributed by atoms with Gasteiger partial charge in [0.05, 0.1) is 21.1 Å². The SMILES string of the molecule is O=C(O)c1cccc(C=C2SC(=S)N(c3ccc([N+](=O)[O-])cc3)C2=O)c1. The average Bonchev–Trinajstić information content (AvgIpc) is 2.89. The Hall–Kier alpha value is -3.04. The van der Waals surface area contributed by atoms with Crippen molar-refractivity contribution in [1.82, 2.24) is 0 Å². The van der Waals surface area contributed by atoms with E-state index in [0.717, 1.165) is 11.8 Å². The van der Waals surface area contributed by atoms with E-state index < -0.39 is 10.9 Å². The van der Waals surface area contributed by atoms with Crippen LogP contribution in [0.25, 0.3) is 6.08 Å². The van der Waals surface area contributed by atoms with Gasteiger partial charge in [-0.15, -0.1) is 0 Å². The summed E-state index contributed by atoms with van der Waals surface area (Å²) in [6.45, 7) is 0. The quantitative estimate of drug-likeness (QED) is 0.370. The molecule has 9 heteroatoms. The molecule has 1 heterocycles. The Kier molecular flexibility index (Phi) is 4.83. The van der Waals surface area contributed by atoms with Crippen molar-refractivity contribution in [2.45, 2.75) is 0 Å². The van der Waals surface area contributed by atoms with Crippen molar-refractivity contribution in [3.05, 3.63) is 74.7 Å². The zero-order chi connectivity index (χ0) is 18.8. The zero-order valence-corrected chi connectivity index (χ0v) is 14.6. The van der Waals surface area contributed by atoms with E-state index in [4.69, 9.17) is 17.3 Å². The van der Waals surface area contributed by atoms with Crippen molar-refractivity contribution >= 4 is 57.6 Å². The highest BCUT2D eigenvalue weighted by Gasteiger charge is 2.33. The second-order valence-electron chi connectivity index (χ2n) is 5.22. The van der Waals surface area contributed by atoms with E-state index in [2.05, 4.69) is 0 Å². The van der Waals surface area contributed by atoms with E-state index >= 15 is 0 Å². The van der Waals surface area contributed by atoms with Crippen molar-refractivity contribution < 1.29 is 19.6 Å². The normalized spacial score (nSPS) is 15.5. The monoisotopic (exact) mass is 386 g/mol. The number of carbonyl (C=O) groups is 2. The first kappa shape index (κ1) is 17.8. The van der Waals surface area contributed by atoms with Crippen LogP contribution in [0.15, 0.2) is 53.4 Å². The molecule has 3 rings (SSSR count). The maximum atomic E-state index is 12.7. The van der Waals surface area contributed by atoms with Crippen LogP contribution < -0.4 is 4.90 Å². The van der Waals surface area contributed by atoms with E-state index in [1.165, 1.54) is 41.3 Å². The van der Waals surface area contributed by atoms with Crippen LogP contribution in [0, 0.1) is 10.1 Å². The number of carbonyl (C=O) groups excluding carboxylic acids is 1. The van der Waals surface area contributed by atoms with Gasteiger partial charge >= 0.3 is 5.97 Å². The number of carboxylic acids is 1. The Morgan fingerprint density at radius 1 is 1.23 bits per heavy atom. The highest BCUT2D eigenvalue weighted by atomic mass is 32.2. The molecule has 0 bridgehead atoms. The lowest BCUT2D eigenvalue weighted by atomic mass is 10.1. The number of rotatable bonds is 4. The van der Waals surface area contributed by atoms with E-state index in [-0.39, 0.29) is 17.2 Å². The number of amides is 1. The van der Waals surface area contributed by atoms with Crippen LogP contribution in [0.5, 0.6) is 0 Å². The molecule has 2 aromatic rings. The van der Waals surface area contributed by atoms with Crippen LogP contribution in [0.4, 0.5) is 11.4 Å². The number of thioether (sulfide) groups is 1. The molecule has 1 N–H and O–H groups in total. The molecule has 0 unspecified atom stereocenters. The van der Waals surface area contributed by atoms with Crippen molar-refractivity contribution in [2.24, 2.45) is 0 Å². The lowest BCUT2D eigenvalue weighted by Gasteiger charge is -2.13. The number of thiocarbonyl (C=S) groups is 1. The van der Waals surface area contributed by atoms with Crippen molar-refractivity contribution in [3.63, 3.8) is 0 Å². The summed E-state index contributed by atoms with van der Waals surface area (Å²) in [6, 6.07) is 11.7. The summed E-state index contributed by atoms with van der Waals surface area (Å²) in [7, 11) is 0. The van der Waals surface area contributed by atoms with Crippen molar-refractivity contribution in [2.75, 3.05) is 4.90 Å². The van der Waals surface area contributed by atoms with E-state index in [9.17, 15) is 19.7 Å². The van der Waals surface area contributed by atoms with Crippen LogP contribution in [-0.2, 0) is 4.79 Å². The maximum absolute atomic E-state index is 12.7. The summed E-state index contributed by atoms with van der Waals surface area (Å²) in [6.07, 6.45) is 1.57. The van der Waals surface area contributed by atoms with Gasteiger partial charge < -0.3 is 5.11 Å². The van der Waals surface area contributed by atoms with Gasteiger partial charge in [0.2, 0.25) is 0 Å². The average molecular weight is 386 g/mol. The minimum absolute atomic E-state index is 0.0831. The number of carboxylic acid groups (broad SMARTS) is 1. The number of hydrogen-bond donors (Lipinski definition) is 1. The lowest BCUT2D eigenvalue weighted by molar-refractivity contribution is -0.384. The lowest BCUT2D eigenvalue weighted by Crippen LogP contribution is -2.27. The predicted octanol–water partition coefficient (Wildman–Crippen LogP) is 3.70. The Labute approximate surface area is 157 Å². The minimum Gasteiger partial charge on any atom is -0.478 e. The summed E-state index contributed by atoms with van der Waals surface area (Å²) >= 11 is 6.33. The molecule has 1 aliphatic heterocycles. The second kappa shape index (κ2) is 7.06. The summed E-state index contributed by atoms with van der Waals surface area (Å²) in [5, 5.41) is 19.8. The first-order valence-corrected chi connectivity index (χ1v) is 8.45. The second-order valence-corrected chi connectivity index (χ2v) is 6.90. The van der Waals surface area contributed by atoms with Crippen LogP contribution >= 0.6 is 24.0 Å². The first-order chi connectivity index (χ1) is 12.4. The number of non-ortho nitro benzene ring substituents is 1. The van der Waals surface area contributed by atoms with Gasteiger partial charge in [-0.2, -0.15) is 0 Å². The van der Waals surface area contributed by atoms with E-state index in [0.29, 0.717) is 20.5 Å².